The van der Waals surface area contributed by atoms with Gasteiger partial charge in [0.25, 0.3) is 0 Å². The second-order valence-electron chi connectivity index (χ2n) is 8.99. The molecule has 0 spiro atoms. The highest BCUT2D eigenvalue weighted by atomic mass is 32.3. The Balaban J connectivity index is 0.000000270. The first-order chi connectivity index (χ1) is 21.9. The summed E-state index contributed by atoms with van der Waals surface area (Å²) in [4.78, 5) is 0.466. The van der Waals surface area contributed by atoms with Crippen LogP contribution in [0.1, 0.15) is 11.1 Å². The van der Waals surface area contributed by atoms with E-state index < -0.39 is 41.1 Å². The minimum Gasteiger partial charge on any atom is -0.392 e. The van der Waals surface area contributed by atoms with E-state index >= 15 is 0 Å². The largest absolute Gasteiger partial charge is 0.488 e. The first-order valence-corrected chi connectivity index (χ1v) is 18.5. The van der Waals surface area contributed by atoms with Gasteiger partial charge < -0.3 is 13.5 Å². The van der Waals surface area contributed by atoms with Gasteiger partial charge >= 0.3 is 21.0 Å². The van der Waals surface area contributed by atoms with Crippen LogP contribution in [0.2, 0.25) is 0 Å². The van der Waals surface area contributed by atoms with Crippen LogP contribution in [0.3, 0.4) is 0 Å². The number of hydrogen-bond donors (Lipinski definition) is 2. The third-order valence-electron chi connectivity index (χ3n) is 5.60. The molecule has 0 radical (unpaired) electrons. The molecular formula is C28H30F2N2O11S4. The quantitative estimate of drug-likeness (QED) is 0.215. The van der Waals surface area contributed by atoms with Crippen molar-refractivity contribution in [2.45, 2.75) is 22.9 Å². The van der Waals surface area contributed by atoms with E-state index in [2.05, 4.69) is 13.1 Å². The first kappa shape index (κ1) is 39.2. The molecule has 0 bridgehead atoms. The van der Waals surface area contributed by atoms with Gasteiger partial charge in [0.15, 0.2) is 0 Å². The maximum absolute atomic E-state index is 12.4. The molecule has 0 unspecified atom stereocenters. The normalized spacial score (nSPS) is 11.8. The summed E-state index contributed by atoms with van der Waals surface area (Å²) in [5, 5.41) is 8.63. The molecule has 0 aliphatic rings. The molecule has 13 nitrogen and oxygen atoms in total. The van der Waals surface area contributed by atoms with E-state index in [1.54, 1.807) is 48.5 Å². The van der Waals surface area contributed by atoms with Gasteiger partial charge in [-0.25, -0.2) is 21.6 Å². The summed E-state index contributed by atoms with van der Waals surface area (Å²) in [5.41, 5.74) is 1.18. The second-order valence-corrected chi connectivity index (χ2v) is 14.8. The number of hydrogen-bond acceptors (Lipinski definition) is 11. The van der Waals surface area contributed by atoms with Crippen LogP contribution in [0, 0.1) is 0 Å². The molecule has 256 valence electrons. The minimum absolute atomic E-state index is 0.0693. The third-order valence-corrected chi connectivity index (χ3v) is 9.63. The highest BCUT2D eigenvalue weighted by Gasteiger charge is 2.20. The fourth-order valence-electron chi connectivity index (χ4n) is 3.36. The lowest BCUT2D eigenvalue weighted by atomic mass is 10.2. The van der Waals surface area contributed by atoms with E-state index in [4.69, 9.17) is 5.11 Å². The van der Waals surface area contributed by atoms with Crippen molar-refractivity contribution < 1.29 is 54.9 Å². The van der Waals surface area contributed by atoms with Gasteiger partial charge in [-0.3, -0.25) is 0 Å². The number of rotatable bonds is 11. The van der Waals surface area contributed by atoms with Crippen LogP contribution in [-0.4, -0.2) is 57.2 Å². The molecule has 4 aromatic carbocycles. The first-order valence-electron chi connectivity index (χ1n) is 12.9. The van der Waals surface area contributed by atoms with Crippen LogP contribution in [0.4, 0.5) is 7.77 Å². The molecule has 0 fully saturated rings. The molecule has 0 heterocycles. The SMILES string of the molecule is CN(Cc1ccc(OS(=O)(=O)F)cc1)S(=O)(=O)c1ccccc1.CNS(=O)(=O)c1ccccc1.O=S(=O)(F)Oc1ccc(CO)cc1. The van der Waals surface area contributed by atoms with Gasteiger partial charge in [-0.05, 0) is 66.7 Å². The Labute approximate surface area is 273 Å². The third kappa shape index (κ3) is 14.1. The van der Waals surface area contributed by atoms with Crippen molar-refractivity contribution in [2.75, 3.05) is 14.1 Å². The predicted octanol–water partition coefficient (Wildman–Crippen LogP) is 3.47. The van der Waals surface area contributed by atoms with Gasteiger partial charge in [-0.1, -0.05) is 68.4 Å². The Morgan fingerprint density at radius 3 is 1.36 bits per heavy atom. The lowest BCUT2D eigenvalue weighted by molar-refractivity contribution is 0.282. The van der Waals surface area contributed by atoms with Gasteiger partial charge in [0.05, 0.1) is 16.4 Å². The second kappa shape index (κ2) is 17.3. The lowest BCUT2D eigenvalue weighted by Gasteiger charge is -2.17. The smallest absolute Gasteiger partial charge is 0.392 e. The molecule has 19 heteroatoms. The molecule has 0 saturated carbocycles. The summed E-state index contributed by atoms with van der Waals surface area (Å²) in [6, 6.07) is 27.0. The van der Waals surface area contributed by atoms with Crippen molar-refractivity contribution >= 4 is 41.1 Å². The Kier molecular flexibility index (Phi) is 14.4. The van der Waals surface area contributed by atoms with Crippen LogP contribution in [0.25, 0.3) is 0 Å². The fourth-order valence-corrected chi connectivity index (χ4v) is 5.98. The minimum atomic E-state index is -5.08. The molecule has 2 N–H and O–H groups in total. The zero-order valence-corrected chi connectivity index (χ0v) is 27.9. The predicted molar refractivity (Wildman–Crippen MR) is 168 cm³/mol. The van der Waals surface area contributed by atoms with E-state index in [0.717, 1.165) is 4.31 Å². The average Bonchev–Trinajstić information content (AvgIpc) is 3.02. The van der Waals surface area contributed by atoms with Crippen LogP contribution in [0.15, 0.2) is 119 Å². The zero-order chi connectivity index (χ0) is 35.3. The van der Waals surface area contributed by atoms with Gasteiger partial charge in [-0.15, -0.1) is 0 Å². The van der Waals surface area contributed by atoms with Crippen LogP contribution < -0.4 is 13.1 Å². The molecule has 0 amide bonds. The highest BCUT2D eigenvalue weighted by molar-refractivity contribution is 7.89. The molecule has 0 aromatic heterocycles. The number of aliphatic hydroxyl groups excluding tert-OH is 1. The van der Waals surface area contributed by atoms with E-state index in [1.165, 1.54) is 74.8 Å². The van der Waals surface area contributed by atoms with Crippen molar-refractivity contribution in [3.63, 3.8) is 0 Å². The summed E-state index contributed by atoms with van der Waals surface area (Å²) in [6.45, 7) is -0.0947. The molecule has 0 aliphatic heterocycles. The van der Waals surface area contributed by atoms with Crippen LogP contribution >= 0.6 is 0 Å². The van der Waals surface area contributed by atoms with Crippen molar-refractivity contribution in [1.29, 1.82) is 0 Å². The average molecular weight is 737 g/mol. The Morgan fingerprint density at radius 2 is 1.00 bits per heavy atom. The summed E-state index contributed by atoms with van der Waals surface area (Å²) in [6.07, 6.45) is 0. The summed E-state index contributed by atoms with van der Waals surface area (Å²) in [7, 11) is -14.1. The molecule has 0 atom stereocenters. The van der Waals surface area contributed by atoms with Crippen molar-refractivity contribution in [1.82, 2.24) is 9.03 Å². The summed E-state index contributed by atoms with van der Waals surface area (Å²) < 4.78 is 123. The van der Waals surface area contributed by atoms with Crippen molar-refractivity contribution in [3.05, 3.63) is 120 Å². The van der Waals surface area contributed by atoms with Gasteiger partial charge in [0.1, 0.15) is 11.5 Å². The standard InChI is InChI=1S/C14H14FNO5S2.C7H7FO4S.C7H9NO2S/c1-16(22(17,18)14-5-3-2-4-6-14)11-12-7-9-13(10-8-12)21-23(15,19)20;8-13(10,11)12-7-3-1-6(5-9)2-4-7;1-8-11(9,10)7-5-3-2-4-6-7/h2-10H,11H2,1H3;1-4,9H,5H2;2-6,8H,1H3. The molecule has 0 saturated heterocycles. The fraction of sp³-hybridized carbons (Fsp3) is 0.143. The highest BCUT2D eigenvalue weighted by Crippen LogP contribution is 2.19. The van der Waals surface area contributed by atoms with Crippen molar-refractivity contribution in [2.24, 2.45) is 0 Å². The number of nitrogens with one attached hydrogen (secondary N) is 1. The number of sulfonamides is 2. The Bertz CT molecular complexity index is 2000. The molecule has 4 aromatic rings. The van der Waals surface area contributed by atoms with Gasteiger partial charge in [-0.2, -0.15) is 21.1 Å². The van der Waals surface area contributed by atoms with Gasteiger partial charge in [0.2, 0.25) is 20.0 Å². The Morgan fingerprint density at radius 1 is 0.617 bits per heavy atom. The number of nitrogens with zero attached hydrogens (tertiary/aromatic N) is 1. The summed E-state index contributed by atoms with van der Waals surface area (Å²) in [5.74, 6) is -0.315. The molecule has 47 heavy (non-hydrogen) atoms. The number of benzene rings is 4. The Hall–Kier alpha value is -3.98. The van der Waals surface area contributed by atoms with E-state index in [-0.39, 0.29) is 29.5 Å². The van der Waals surface area contributed by atoms with E-state index in [1.807, 2.05) is 0 Å². The maximum atomic E-state index is 12.4. The topological polar surface area (TPSA) is 191 Å². The maximum Gasteiger partial charge on any atom is 0.488 e. The van der Waals surface area contributed by atoms with Gasteiger partial charge in [0, 0.05) is 13.6 Å². The number of aliphatic hydroxyl groups is 1. The molecule has 0 aliphatic carbocycles. The lowest BCUT2D eigenvalue weighted by Crippen LogP contribution is -2.26. The zero-order valence-electron chi connectivity index (χ0n) is 24.7. The van der Waals surface area contributed by atoms with Crippen LogP contribution in [0.5, 0.6) is 11.5 Å². The molecule has 4 rings (SSSR count). The van der Waals surface area contributed by atoms with E-state index in [0.29, 0.717) is 16.0 Å². The monoisotopic (exact) mass is 736 g/mol. The number of halogens is 2. The molecular weight excluding hydrogens is 707 g/mol. The van der Waals surface area contributed by atoms with Crippen LogP contribution in [-0.2, 0) is 54.2 Å². The van der Waals surface area contributed by atoms with E-state index in [9.17, 15) is 41.4 Å². The van der Waals surface area contributed by atoms with Crippen molar-refractivity contribution in [3.8, 4) is 11.5 Å². The summed E-state index contributed by atoms with van der Waals surface area (Å²) >= 11 is 0.